The molecule has 0 aromatic rings. The molecule has 1 saturated carbocycles. The van der Waals surface area contributed by atoms with Crippen molar-refractivity contribution in [2.24, 2.45) is 11.3 Å². The normalized spacial score (nSPS) is 27.4. The van der Waals surface area contributed by atoms with Crippen LogP contribution in [0.25, 0.3) is 0 Å². The molecule has 1 aliphatic carbocycles. The summed E-state index contributed by atoms with van der Waals surface area (Å²) in [6.45, 7) is 6.35. The molecule has 0 N–H and O–H groups in total. The minimum Gasteiger partial charge on any atom is -0.303 e. The lowest BCUT2D eigenvalue weighted by Crippen LogP contribution is -2.42. The minimum atomic E-state index is 0.572. The summed E-state index contributed by atoms with van der Waals surface area (Å²) >= 11 is 4.61. The minimum absolute atomic E-state index is 0.572. The van der Waals surface area contributed by atoms with Gasteiger partial charge in [-0.2, -0.15) is 12.6 Å². The van der Waals surface area contributed by atoms with Gasteiger partial charge in [0.1, 0.15) is 0 Å². The molecule has 0 atom stereocenters. The van der Waals surface area contributed by atoms with Gasteiger partial charge in [-0.25, -0.2) is 0 Å². The fourth-order valence-corrected chi connectivity index (χ4v) is 3.93. The van der Waals surface area contributed by atoms with Crippen LogP contribution in [0.2, 0.25) is 0 Å². The van der Waals surface area contributed by atoms with Gasteiger partial charge in [0.05, 0.1) is 0 Å². The van der Waals surface area contributed by atoms with E-state index in [-0.39, 0.29) is 0 Å². The summed E-state index contributed by atoms with van der Waals surface area (Å²) in [5.41, 5.74) is 0.572. The van der Waals surface area contributed by atoms with Gasteiger partial charge in [-0.15, -0.1) is 0 Å². The average Bonchev–Trinajstić information content (AvgIpc) is 2.79. The van der Waals surface area contributed by atoms with Crippen LogP contribution in [-0.4, -0.2) is 30.3 Å². The second kappa shape index (κ2) is 5.77. The molecule has 0 spiro atoms. The lowest BCUT2D eigenvalue weighted by molar-refractivity contribution is 0.123. The molecule has 0 aromatic carbocycles. The van der Waals surface area contributed by atoms with E-state index in [2.05, 4.69) is 24.5 Å². The maximum Gasteiger partial charge on any atom is 0.00458 e. The molecule has 2 aliphatic rings. The molecule has 2 fully saturated rings. The monoisotopic (exact) mass is 241 g/mol. The first kappa shape index (κ1) is 12.8. The summed E-state index contributed by atoms with van der Waals surface area (Å²) in [6, 6.07) is 0. The van der Waals surface area contributed by atoms with E-state index in [9.17, 15) is 0 Å². The first-order valence-corrected chi connectivity index (χ1v) is 7.74. The zero-order chi connectivity index (χ0) is 11.4. The van der Waals surface area contributed by atoms with E-state index in [4.69, 9.17) is 0 Å². The van der Waals surface area contributed by atoms with Crippen LogP contribution < -0.4 is 0 Å². The van der Waals surface area contributed by atoms with Crippen LogP contribution in [0.15, 0.2) is 0 Å². The number of hydrogen-bond donors (Lipinski definition) is 1. The van der Waals surface area contributed by atoms with E-state index >= 15 is 0 Å². The first-order chi connectivity index (χ1) is 7.78. The van der Waals surface area contributed by atoms with Crippen molar-refractivity contribution in [3.05, 3.63) is 0 Å². The zero-order valence-electron chi connectivity index (χ0n) is 10.7. The fourth-order valence-electron chi connectivity index (χ4n) is 3.52. The summed E-state index contributed by atoms with van der Waals surface area (Å²) < 4.78 is 0. The van der Waals surface area contributed by atoms with E-state index in [1.165, 1.54) is 64.6 Å². The highest BCUT2D eigenvalue weighted by atomic mass is 32.1. The molecule has 0 amide bonds. The number of nitrogens with zero attached hydrogens (tertiary/aromatic N) is 1. The smallest absolute Gasteiger partial charge is 0.00458 e. The van der Waals surface area contributed by atoms with E-state index in [0.29, 0.717) is 5.41 Å². The third kappa shape index (κ3) is 2.95. The molecule has 1 aliphatic heterocycles. The van der Waals surface area contributed by atoms with Gasteiger partial charge in [-0.1, -0.05) is 26.2 Å². The van der Waals surface area contributed by atoms with E-state index in [1.54, 1.807) is 0 Å². The standard InChI is InChI=1S/C14H27NS/c1-2-13-5-9-15(10-6-13)11-14(12-16)7-3-4-8-14/h13,16H,2-12H2,1H3. The van der Waals surface area contributed by atoms with E-state index in [0.717, 1.165) is 11.7 Å². The lowest BCUT2D eigenvalue weighted by atomic mass is 9.86. The average molecular weight is 241 g/mol. The molecule has 16 heavy (non-hydrogen) atoms. The highest BCUT2D eigenvalue weighted by Gasteiger charge is 2.34. The van der Waals surface area contributed by atoms with Crippen LogP contribution in [0.3, 0.4) is 0 Å². The van der Waals surface area contributed by atoms with Crippen molar-refractivity contribution in [1.82, 2.24) is 4.90 Å². The molecule has 2 heteroatoms. The van der Waals surface area contributed by atoms with Gasteiger partial charge in [0.2, 0.25) is 0 Å². The van der Waals surface area contributed by atoms with Gasteiger partial charge >= 0.3 is 0 Å². The SMILES string of the molecule is CCC1CCN(CC2(CS)CCCC2)CC1. The summed E-state index contributed by atoms with van der Waals surface area (Å²) in [7, 11) is 0. The molecule has 0 aromatic heterocycles. The zero-order valence-corrected chi connectivity index (χ0v) is 11.6. The topological polar surface area (TPSA) is 3.24 Å². The quantitative estimate of drug-likeness (QED) is 0.736. The Morgan fingerprint density at radius 3 is 2.31 bits per heavy atom. The maximum atomic E-state index is 4.61. The van der Waals surface area contributed by atoms with Crippen molar-refractivity contribution in [1.29, 1.82) is 0 Å². The fraction of sp³-hybridized carbons (Fsp3) is 1.00. The van der Waals surface area contributed by atoms with Crippen LogP contribution in [0.4, 0.5) is 0 Å². The van der Waals surface area contributed by atoms with Crippen LogP contribution in [0, 0.1) is 11.3 Å². The Morgan fingerprint density at radius 2 is 1.81 bits per heavy atom. The molecule has 0 radical (unpaired) electrons. The summed E-state index contributed by atoms with van der Waals surface area (Å²) in [5.74, 6) is 2.10. The third-order valence-electron chi connectivity index (χ3n) is 4.84. The van der Waals surface area contributed by atoms with Crippen LogP contribution in [-0.2, 0) is 0 Å². The van der Waals surface area contributed by atoms with Gasteiger partial charge in [0.25, 0.3) is 0 Å². The highest BCUT2D eigenvalue weighted by Crippen LogP contribution is 2.40. The van der Waals surface area contributed by atoms with Gasteiger partial charge in [0, 0.05) is 6.54 Å². The van der Waals surface area contributed by atoms with Crippen LogP contribution >= 0.6 is 12.6 Å². The molecule has 2 rings (SSSR count). The van der Waals surface area contributed by atoms with E-state index < -0.39 is 0 Å². The van der Waals surface area contributed by atoms with Crippen molar-refractivity contribution in [3.63, 3.8) is 0 Å². The summed E-state index contributed by atoms with van der Waals surface area (Å²) in [6.07, 6.45) is 9.95. The molecular formula is C14H27NS. The van der Waals surface area contributed by atoms with Gasteiger partial charge in [-0.3, -0.25) is 0 Å². The van der Waals surface area contributed by atoms with Gasteiger partial charge in [-0.05, 0) is 55.9 Å². The molecule has 94 valence electrons. The predicted molar refractivity (Wildman–Crippen MR) is 74.2 cm³/mol. The molecular weight excluding hydrogens is 214 g/mol. The predicted octanol–water partition coefficient (Wildman–Crippen LogP) is 3.60. The Hall–Kier alpha value is 0.310. The molecule has 1 saturated heterocycles. The molecule has 0 unspecified atom stereocenters. The van der Waals surface area contributed by atoms with Crippen molar-refractivity contribution in [2.75, 3.05) is 25.4 Å². The van der Waals surface area contributed by atoms with Gasteiger partial charge in [0.15, 0.2) is 0 Å². The van der Waals surface area contributed by atoms with Gasteiger partial charge < -0.3 is 4.90 Å². The summed E-state index contributed by atoms with van der Waals surface area (Å²) in [4.78, 5) is 2.72. The van der Waals surface area contributed by atoms with Crippen molar-refractivity contribution >= 4 is 12.6 Å². The maximum absolute atomic E-state index is 4.61. The van der Waals surface area contributed by atoms with Crippen molar-refractivity contribution in [3.8, 4) is 0 Å². The Morgan fingerprint density at radius 1 is 1.19 bits per heavy atom. The third-order valence-corrected chi connectivity index (χ3v) is 5.51. The van der Waals surface area contributed by atoms with Crippen LogP contribution in [0.1, 0.15) is 51.9 Å². The largest absolute Gasteiger partial charge is 0.303 e. The molecule has 1 heterocycles. The second-order valence-electron chi connectivity index (χ2n) is 5.99. The number of rotatable bonds is 4. The number of thiol groups is 1. The molecule has 1 nitrogen and oxygen atoms in total. The van der Waals surface area contributed by atoms with Crippen LogP contribution in [0.5, 0.6) is 0 Å². The Bertz CT molecular complexity index is 203. The first-order valence-electron chi connectivity index (χ1n) is 7.11. The Balaban J connectivity index is 1.81. The lowest BCUT2D eigenvalue weighted by Gasteiger charge is -2.38. The number of likely N-dealkylation sites (tertiary alicyclic amines) is 1. The summed E-state index contributed by atoms with van der Waals surface area (Å²) in [5, 5.41) is 0. The van der Waals surface area contributed by atoms with Crippen molar-refractivity contribution < 1.29 is 0 Å². The number of hydrogen-bond acceptors (Lipinski definition) is 2. The molecule has 0 bridgehead atoms. The highest BCUT2D eigenvalue weighted by molar-refractivity contribution is 7.80. The van der Waals surface area contributed by atoms with E-state index in [1.807, 2.05) is 0 Å². The number of piperidine rings is 1. The second-order valence-corrected chi connectivity index (χ2v) is 6.31. The van der Waals surface area contributed by atoms with Crippen molar-refractivity contribution in [2.45, 2.75) is 51.9 Å². The Labute approximate surface area is 106 Å². The Kier molecular flexibility index (Phi) is 4.60.